The zero-order chi connectivity index (χ0) is 14.7. The summed E-state index contributed by atoms with van der Waals surface area (Å²) in [6.45, 7) is 3.14. The number of amides is 1. The lowest BCUT2D eigenvalue weighted by atomic mass is 10.0. The second kappa shape index (κ2) is 6.05. The highest BCUT2D eigenvalue weighted by Crippen LogP contribution is 2.18. The van der Waals surface area contributed by atoms with Gasteiger partial charge in [-0.2, -0.15) is 0 Å². The molecular weight excluding hydrogens is 256 g/mol. The summed E-state index contributed by atoms with van der Waals surface area (Å²) in [6.07, 6.45) is 0.0573. The van der Waals surface area contributed by atoms with E-state index >= 15 is 0 Å². The van der Waals surface area contributed by atoms with Gasteiger partial charge in [0, 0.05) is 30.7 Å². The van der Waals surface area contributed by atoms with Crippen LogP contribution in [-0.2, 0) is 4.79 Å². The molecule has 0 unspecified atom stereocenters. The van der Waals surface area contributed by atoms with Crippen molar-refractivity contribution in [3.05, 3.63) is 35.9 Å². The van der Waals surface area contributed by atoms with E-state index in [1.807, 2.05) is 37.1 Å². The van der Waals surface area contributed by atoms with E-state index in [4.69, 9.17) is 5.11 Å². The van der Waals surface area contributed by atoms with Gasteiger partial charge in [-0.05, 0) is 26.1 Å². The molecule has 1 aromatic rings. The predicted octanol–water partition coefficient (Wildman–Crippen LogP) is 1.31. The zero-order valence-electron chi connectivity index (χ0n) is 11.8. The third kappa shape index (κ3) is 3.17. The molecule has 1 fully saturated rings. The molecule has 0 radical (unpaired) electrons. The number of hydrogen-bond acceptors (Lipinski definition) is 3. The molecule has 1 heterocycles. The lowest BCUT2D eigenvalue weighted by molar-refractivity contribution is -0.139. The van der Waals surface area contributed by atoms with Crippen molar-refractivity contribution in [2.24, 2.45) is 0 Å². The first-order valence-electron chi connectivity index (χ1n) is 6.77. The lowest BCUT2D eigenvalue weighted by Gasteiger charge is -2.43. The molecule has 1 aliphatic rings. The minimum atomic E-state index is -0.830. The van der Waals surface area contributed by atoms with Crippen molar-refractivity contribution in [2.45, 2.75) is 25.4 Å². The van der Waals surface area contributed by atoms with E-state index in [0.29, 0.717) is 18.7 Å². The number of benzene rings is 1. The first-order valence-corrected chi connectivity index (χ1v) is 6.77. The Morgan fingerprint density at radius 1 is 1.25 bits per heavy atom. The summed E-state index contributed by atoms with van der Waals surface area (Å²) in [5.41, 5.74) is 0.651. The molecule has 5 heteroatoms. The van der Waals surface area contributed by atoms with Crippen molar-refractivity contribution in [2.75, 3.05) is 20.1 Å². The number of carboxylic acid groups (broad SMARTS) is 1. The van der Waals surface area contributed by atoms with Gasteiger partial charge < -0.3 is 10.0 Å². The van der Waals surface area contributed by atoms with E-state index in [0.717, 1.165) is 0 Å². The molecular formula is C15H20N2O3. The summed E-state index contributed by atoms with van der Waals surface area (Å²) >= 11 is 0. The quantitative estimate of drug-likeness (QED) is 0.904. The van der Waals surface area contributed by atoms with Gasteiger partial charge in [-0.1, -0.05) is 18.2 Å². The molecule has 5 nitrogen and oxygen atoms in total. The van der Waals surface area contributed by atoms with E-state index in [-0.39, 0.29) is 24.4 Å². The number of nitrogens with zero attached hydrogens (tertiary/aromatic N) is 2. The molecule has 2 atom stereocenters. The molecule has 0 spiro atoms. The third-order valence-corrected chi connectivity index (χ3v) is 3.81. The number of likely N-dealkylation sites (N-methyl/N-ethyl adjacent to an activating group) is 1. The Morgan fingerprint density at radius 2 is 1.90 bits per heavy atom. The average Bonchev–Trinajstić information content (AvgIpc) is 2.41. The normalized spacial score (nSPS) is 23.6. The van der Waals surface area contributed by atoms with Crippen molar-refractivity contribution in [1.82, 2.24) is 9.80 Å². The monoisotopic (exact) mass is 276 g/mol. The van der Waals surface area contributed by atoms with Gasteiger partial charge in [0.15, 0.2) is 0 Å². The lowest BCUT2D eigenvalue weighted by Crippen LogP contribution is -2.58. The molecule has 108 valence electrons. The summed E-state index contributed by atoms with van der Waals surface area (Å²) in [7, 11) is 1.91. The Hall–Kier alpha value is -1.88. The van der Waals surface area contributed by atoms with E-state index < -0.39 is 5.97 Å². The molecule has 0 aromatic heterocycles. The highest BCUT2D eigenvalue weighted by Gasteiger charge is 2.33. The molecule has 1 saturated heterocycles. The van der Waals surface area contributed by atoms with Crippen molar-refractivity contribution in [3.8, 4) is 0 Å². The van der Waals surface area contributed by atoms with Gasteiger partial charge in [-0.15, -0.1) is 0 Å². The van der Waals surface area contributed by atoms with Crippen LogP contribution in [0.3, 0.4) is 0 Å². The van der Waals surface area contributed by atoms with Crippen LogP contribution in [-0.4, -0.2) is 59.0 Å². The summed E-state index contributed by atoms with van der Waals surface area (Å²) in [6, 6.07) is 9.08. The van der Waals surface area contributed by atoms with Crippen molar-refractivity contribution in [3.63, 3.8) is 0 Å². The Labute approximate surface area is 118 Å². The Bertz CT molecular complexity index is 489. The van der Waals surface area contributed by atoms with Crippen molar-refractivity contribution in [1.29, 1.82) is 0 Å². The van der Waals surface area contributed by atoms with Gasteiger partial charge in [0.25, 0.3) is 5.91 Å². The van der Waals surface area contributed by atoms with Crippen LogP contribution in [0.4, 0.5) is 0 Å². The second-order valence-corrected chi connectivity index (χ2v) is 5.36. The number of piperazine rings is 1. The molecule has 1 aliphatic heterocycles. The standard InChI is InChI=1S/C15H20N2O3/c1-11-9-16(2)13(8-14(18)19)10-17(11)15(20)12-6-4-3-5-7-12/h3-7,11,13H,8-10H2,1-2H3,(H,18,19)/t11-,13-/m0/s1. The molecule has 0 bridgehead atoms. The third-order valence-electron chi connectivity index (χ3n) is 3.81. The van der Waals surface area contributed by atoms with E-state index in [2.05, 4.69) is 0 Å². The maximum Gasteiger partial charge on any atom is 0.305 e. The highest BCUT2D eigenvalue weighted by atomic mass is 16.4. The number of hydrogen-bond donors (Lipinski definition) is 1. The first kappa shape index (κ1) is 14.5. The molecule has 20 heavy (non-hydrogen) atoms. The van der Waals surface area contributed by atoms with Crippen molar-refractivity contribution >= 4 is 11.9 Å². The van der Waals surface area contributed by atoms with Crippen LogP contribution in [0.25, 0.3) is 0 Å². The second-order valence-electron chi connectivity index (χ2n) is 5.36. The Morgan fingerprint density at radius 3 is 2.50 bits per heavy atom. The van der Waals surface area contributed by atoms with Crippen LogP contribution in [0.2, 0.25) is 0 Å². The maximum absolute atomic E-state index is 12.5. The molecule has 1 aromatic carbocycles. The molecule has 0 saturated carbocycles. The molecule has 2 rings (SSSR count). The molecule has 1 amide bonds. The number of rotatable bonds is 3. The van der Waals surface area contributed by atoms with E-state index in [9.17, 15) is 9.59 Å². The number of carboxylic acids is 1. The summed E-state index contributed by atoms with van der Waals surface area (Å²) in [5.74, 6) is -0.856. The summed E-state index contributed by atoms with van der Waals surface area (Å²) in [5, 5.41) is 8.96. The van der Waals surface area contributed by atoms with Gasteiger partial charge in [0.05, 0.1) is 6.42 Å². The van der Waals surface area contributed by atoms with Gasteiger partial charge >= 0.3 is 5.97 Å². The fourth-order valence-electron chi connectivity index (χ4n) is 2.66. The van der Waals surface area contributed by atoms with Crippen LogP contribution in [0, 0.1) is 0 Å². The Balaban J connectivity index is 2.14. The number of aliphatic carboxylic acids is 1. The summed E-state index contributed by atoms with van der Waals surface area (Å²) < 4.78 is 0. The highest BCUT2D eigenvalue weighted by molar-refractivity contribution is 5.94. The molecule has 0 aliphatic carbocycles. The van der Waals surface area contributed by atoms with Gasteiger partial charge in [0.2, 0.25) is 0 Å². The van der Waals surface area contributed by atoms with Crippen LogP contribution >= 0.6 is 0 Å². The Kier molecular flexibility index (Phi) is 4.39. The van der Waals surface area contributed by atoms with E-state index in [1.165, 1.54) is 0 Å². The van der Waals surface area contributed by atoms with Crippen LogP contribution in [0.5, 0.6) is 0 Å². The van der Waals surface area contributed by atoms with Gasteiger partial charge in [0.1, 0.15) is 0 Å². The largest absolute Gasteiger partial charge is 0.481 e. The van der Waals surface area contributed by atoms with Gasteiger partial charge in [-0.3, -0.25) is 14.5 Å². The predicted molar refractivity (Wildman–Crippen MR) is 75.6 cm³/mol. The minimum absolute atomic E-state index is 0.0263. The maximum atomic E-state index is 12.5. The van der Waals surface area contributed by atoms with Crippen LogP contribution in [0.1, 0.15) is 23.7 Å². The van der Waals surface area contributed by atoms with Gasteiger partial charge in [-0.25, -0.2) is 0 Å². The zero-order valence-corrected chi connectivity index (χ0v) is 11.8. The average molecular weight is 276 g/mol. The minimum Gasteiger partial charge on any atom is -0.481 e. The van der Waals surface area contributed by atoms with Crippen molar-refractivity contribution < 1.29 is 14.7 Å². The number of carbonyl (C=O) groups excluding carboxylic acids is 1. The molecule has 1 N–H and O–H groups in total. The number of carbonyl (C=O) groups is 2. The van der Waals surface area contributed by atoms with Crippen LogP contribution < -0.4 is 0 Å². The van der Waals surface area contributed by atoms with E-state index in [1.54, 1.807) is 17.0 Å². The smallest absolute Gasteiger partial charge is 0.305 e. The fourth-order valence-corrected chi connectivity index (χ4v) is 2.66. The topological polar surface area (TPSA) is 60.9 Å². The first-order chi connectivity index (χ1) is 9.49. The summed E-state index contributed by atoms with van der Waals surface area (Å²) in [4.78, 5) is 27.2. The SMILES string of the molecule is C[C@H]1CN(C)[C@@H](CC(=O)O)CN1C(=O)c1ccccc1. The van der Waals surface area contributed by atoms with Crippen LogP contribution in [0.15, 0.2) is 30.3 Å². The fraction of sp³-hybridized carbons (Fsp3) is 0.467.